The van der Waals surface area contributed by atoms with Crippen molar-refractivity contribution in [2.75, 3.05) is 40.3 Å². The van der Waals surface area contributed by atoms with Crippen LogP contribution in [0.5, 0.6) is 0 Å². The van der Waals surface area contributed by atoms with Crippen LogP contribution in [0.25, 0.3) is 0 Å². The van der Waals surface area contributed by atoms with E-state index in [2.05, 4.69) is 40.7 Å². The summed E-state index contributed by atoms with van der Waals surface area (Å²) in [6.07, 6.45) is 8.18. The number of rotatable bonds is 7. The Balaban J connectivity index is 2.38. The normalized spacial score (nSPS) is 20.8. The lowest BCUT2D eigenvalue weighted by molar-refractivity contribution is 0.157. The van der Waals surface area contributed by atoms with Crippen molar-refractivity contribution < 1.29 is 0 Å². The van der Waals surface area contributed by atoms with Gasteiger partial charge in [-0.2, -0.15) is 0 Å². The molecule has 116 valence electrons. The van der Waals surface area contributed by atoms with Crippen LogP contribution in [0, 0.1) is 0 Å². The molecule has 1 atom stereocenters. The summed E-state index contributed by atoms with van der Waals surface area (Å²) < 4.78 is 0. The summed E-state index contributed by atoms with van der Waals surface area (Å²) in [7, 11) is 3.97. The monoisotopic (exact) mass is 280 g/mol. The fraction of sp³-hybridized carbons (Fsp3) is 0.812. The van der Waals surface area contributed by atoms with E-state index in [0.717, 1.165) is 38.4 Å². The molecule has 1 aliphatic heterocycles. The molecule has 1 fully saturated rings. The van der Waals surface area contributed by atoms with Gasteiger partial charge in [0.05, 0.1) is 0 Å². The fourth-order valence-corrected chi connectivity index (χ4v) is 2.88. The fourth-order valence-electron chi connectivity index (χ4n) is 2.88. The van der Waals surface area contributed by atoms with Crippen LogP contribution < -0.4 is 5.32 Å². The number of piperidine rings is 1. The predicted molar refractivity (Wildman–Crippen MR) is 88.3 cm³/mol. The van der Waals surface area contributed by atoms with E-state index in [-0.39, 0.29) is 0 Å². The Bertz CT molecular complexity index is 301. The third-order valence-electron chi connectivity index (χ3n) is 4.13. The van der Waals surface area contributed by atoms with Crippen LogP contribution in [0.4, 0.5) is 0 Å². The molecular formula is C16H32N4. The second-order valence-electron chi connectivity index (χ2n) is 5.56. The smallest absolute Gasteiger partial charge is 0.193 e. The molecule has 20 heavy (non-hydrogen) atoms. The lowest BCUT2D eigenvalue weighted by Gasteiger charge is -2.35. The van der Waals surface area contributed by atoms with Gasteiger partial charge in [0, 0.05) is 33.2 Å². The van der Waals surface area contributed by atoms with Gasteiger partial charge < -0.3 is 10.2 Å². The molecule has 1 N–H and O–H groups in total. The van der Waals surface area contributed by atoms with Crippen LogP contribution in [0.3, 0.4) is 0 Å². The van der Waals surface area contributed by atoms with Crippen molar-refractivity contribution >= 4 is 5.96 Å². The Hall–Kier alpha value is -1.03. The van der Waals surface area contributed by atoms with E-state index >= 15 is 0 Å². The van der Waals surface area contributed by atoms with Gasteiger partial charge in [-0.15, -0.1) is 6.58 Å². The van der Waals surface area contributed by atoms with Crippen LogP contribution in [-0.2, 0) is 0 Å². The first-order valence-electron chi connectivity index (χ1n) is 7.99. The van der Waals surface area contributed by atoms with Crippen LogP contribution >= 0.6 is 0 Å². The van der Waals surface area contributed by atoms with E-state index in [1.807, 2.05) is 13.1 Å². The summed E-state index contributed by atoms with van der Waals surface area (Å²) in [5, 5.41) is 3.54. The molecule has 1 aliphatic rings. The lowest BCUT2D eigenvalue weighted by Crippen LogP contribution is -2.49. The molecule has 0 radical (unpaired) electrons. The highest BCUT2D eigenvalue weighted by atomic mass is 15.3. The second-order valence-corrected chi connectivity index (χ2v) is 5.56. The summed E-state index contributed by atoms with van der Waals surface area (Å²) in [5.74, 6) is 1.01. The molecule has 4 nitrogen and oxygen atoms in total. The number of likely N-dealkylation sites (tertiary alicyclic amines) is 1. The maximum atomic E-state index is 4.39. The van der Waals surface area contributed by atoms with Crippen molar-refractivity contribution in [1.82, 2.24) is 15.1 Å². The summed E-state index contributed by atoms with van der Waals surface area (Å²) in [6, 6.07) is 0.659. The topological polar surface area (TPSA) is 30.9 Å². The van der Waals surface area contributed by atoms with Gasteiger partial charge in [0.25, 0.3) is 0 Å². The number of nitrogens with one attached hydrogen (secondary N) is 1. The number of likely N-dealkylation sites (N-methyl/N-ethyl adjacent to an activating group) is 1. The molecule has 0 saturated carbocycles. The van der Waals surface area contributed by atoms with Gasteiger partial charge in [-0.05, 0) is 38.8 Å². The molecule has 0 aromatic heterocycles. The predicted octanol–water partition coefficient (Wildman–Crippen LogP) is 2.33. The standard InChI is InChI=1S/C16H32N4/c1-5-7-9-12-19(4)16(17-3)18-14-15-11-8-10-13-20(15)6-2/h5,15H,1,6-14H2,2-4H3,(H,17,18). The Morgan fingerprint density at radius 1 is 1.50 bits per heavy atom. The molecule has 1 heterocycles. The summed E-state index contributed by atoms with van der Waals surface area (Å²) >= 11 is 0. The summed E-state index contributed by atoms with van der Waals surface area (Å²) in [6.45, 7) is 10.5. The molecule has 0 aromatic carbocycles. The van der Waals surface area contributed by atoms with Gasteiger partial charge in [-0.3, -0.25) is 9.89 Å². The first-order valence-corrected chi connectivity index (χ1v) is 7.99. The average Bonchev–Trinajstić information content (AvgIpc) is 2.48. The number of allylic oxidation sites excluding steroid dienone is 1. The maximum absolute atomic E-state index is 4.39. The van der Waals surface area contributed by atoms with Crippen molar-refractivity contribution in [3.63, 3.8) is 0 Å². The highest BCUT2D eigenvalue weighted by Crippen LogP contribution is 2.15. The van der Waals surface area contributed by atoms with Gasteiger partial charge in [0.2, 0.25) is 0 Å². The molecule has 0 aliphatic carbocycles. The molecule has 1 unspecified atom stereocenters. The van der Waals surface area contributed by atoms with Crippen molar-refractivity contribution in [2.45, 2.75) is 45.1 Å². The second kappa shape index (κ2) is 9.81. The third-order valence-corrected chi connectivity index (χ3v) is 4.13. The van der Waals surface area contributed by atoms with Crippen molar-refractivity contribution in [3.05, 3.63) is 12.7 Å². The molecular weight excluding hydrogens is 248 g/mol. The quantitative estimate of drug-likeness (QED) is 0.336. The van der Waals surface area contributed by atoms with E-state index < -0.39 is 0 Å². The first kappa shape index (κ1) is 17.0. The van der Waals surface area contributed by atoms with Gasteiger partial charge in [-0.25, -0.2) is 0 Å². The minimum absolute atomic E-state index is 0.659. The van der Waals surface area contributed by atoms with E-state index in [1.54, 1.807) is 0 Å². The van der Waals surface area contributed by atoms with Crippen molar-refractivity contribution in [3.8, 4) is 0 Å². The van der Waals surface area contributed by atoms with Gasteiger partial charge in [0.1, 0.15) is 0 Å². The van der Waals surface area contributed by atoms with Crippen LogP contribution in [0.15, 0.2) is 17.6 Å². The highest BCUT2D eigenvalue weighted by molar-refractivity contribution is 5.79. The first-order chi connectivity index (χ1) is 9.72. The van der Waals surface area contributed by atoms with E-state index in [9.17, 15) is 0 Å². The Morgan fingerprint density at radius 3 is 2.95 bits per heavy atom. The Morgan fingerprint density at radius 2 is 2.30 bits per heavy atom. The summed E-state index contributed by atoms with van der Waals surface area (Å²) in [5.41, 5.74) is 0. The van der Waals surface area contributed by atoms with Crippen molar-refractivity contribution in [2.24, 2.45) is 4.99 Å². The Kier molecular flexibility index (Phi) is 8.35. The highest BCUT2D eigenvalue weighted by Gasteiger charge is 2.21. The molecule has 1 rings (SSSR count). The van der Waals surface area contributed by atoms with Crippen LogP contribution in [0.2, 0.25) is 0 Å². The molecule has 0 spiro atoms. The molecule has 0 aromatic rings. The zero-order chi connectivity index (χ0) is 14.8. The van der Waals surface area contributed by atoms with Gasteiger partial charge in [-0.1, -0.05) is 19.4 Å². The molecule has 1 saturated heterocycles. The number of hydrogen-bond acceptors (Lipinski definition) is 2. The van der Waals surface area contributed by atoms with Gasteiger partial charge in [0.15, 0.2) is 5.96 Å². The average molecular weight is 280 g/mol. The van der Waals surface area contributed by atoms with Crippen molar-refractivity contribution in [1.29, 1.82) is 0 Å². The van der Waals surface area contributed by atoms with Crippen LogP contribution in [-0.4, -0.2) is 62.1 Å². The maximum Gasteiger partial charge on any atom is 0.193 e. The molecule has 4 heteroatoms. The van der Waals surface area contributed by atoms with Crippen LogP contribution in [0.1, 0.15) is 39.0 Å². The van der Waals surface area contributed by atoms with E-state index in [1.165, 1.54) is 25.8 Å². The lowest BCUT2D eigenvalue weighted by atomic mass is 10.0. The minimum atomic E-state index is 0.659. The molecule has 0 bridgehead atoms. The largest absolute Gasteiger partial charge is 0.355 e. The van der Waals surface area contributed by atoms with E-state index in [4.69, 9.17) is 0 Å². The van der Waals surface area contributed by atoms with Gasteiger partial charge >= 0.3 is 0 Å². The Labute approximate surface area is 124 Å². The number of aliphatic imine (C=N–C) groups is 1. The number of nitrogens with zero attached hydrogens (tertiary/aromatic N) is 3. The minimum Gasteiger partial charge on any atom is -0.355 e. The summed E-state index contributed by atoms with van der Waals surface area (Å²) in [4.78, 5) is 9.18. The molecule has 0 amide bonds. The zero-order valence-corrected chi connectivity index (χ0v) is 13.6. The zero-order valence-electron chi connectivity index (χ0n) is 13.6. The number of guanidine groups is 1. The number of hydrogen-bond donors (Lipinski definition) is 1. The number of unbranched alkanes of at least 4 members (excludes halogenated alkanes) is 1. The third kappa shape index (κ3) is 5.53. The van der Waals surface area contributed by atoms with E-state index in [0.29, 0.717) is 6.04 Å². The SMILES string of the molecule is C=CCCCN(C)C(=NC)NCC1CCCCN1CC.